The molecule has 1 aliphatic heterocycles. The van der Waals surface area contributed by atoms with Crippen LogP contribution in [0.5, 0.6) is 5.75 Å². The molecule has 1 unspecified atom stereocenters. The van der Waals surface area contributed by atoms with E-state index in [0.717, 1.165) is 0 Å². The summed E-state index contributed by atoms with van der Waals surface area (Å²) in [6.07, 6.45) is -0.209. The molecule has 6 heteroatoms. The van der Waals surface area contributed by atoms with Crippen LogP contribution in [0.4, 0.5) is 10.5 Å². The monoisotopic (exact) mass is 292 g/mol. The SMILES string of the molecule is CC(C)(C)OC(=O)Nc1ccc(C2CNC(=O)C2)c(O)c1. The Morgan fingerprint density at radius 3 is 2.67 bits per heavy atom. The second-order valence-electron chi connectivity index (χ2n) is 6.11. The molecule has 2 amide bonds. The maximum Gasteiger partial charge on any atom is 0.412 e. The Labute approximate surface area is 123 Å². The van der Waals surface area contributed by atoms with Crippen molar-refractivity contribution in [3.05, 3.63) is 23.8 Å². The molecule has 1 aromatic carbocycles. The topological polar surface area (TPSA) is 87.7 Å². The van der Waals surface area contributed by atoms with E-state index in [1.807, 2.05) is 0 Å². The molecule has 0 radical (unpaired) electrons. The summed E-state index contributed by atoms with van der Waals surface area (Å²) in [6, 6.07) is 4.86. The molecular weight excluding hydrogens is 272 g/mol. The van der Waals surface area contributed by atoms with E-state index in [9.17, 15) is 14.7 Å². The van der Waals surface area contributed by atoms with Gasteiger partial charge in [0, 0.05) is 30.6 Å². The predicted octanol–water partition coefficient (Wildman–Crippen LogP) is 2.34. The Balaban J connectivity index is 2.05. The number of nitrogens with one attached hydrogen (secondary N) is 2. The second-order valence-corrected chi connectivity index (χ2v) is 6.11. The summed E-state index contributed by atoms with van der Waals surface area (Å²) in [4.78, 5) is 22.9. The zero-order valence-electron chi connectivity index (χ0n) is 12.4. The largest absolute Gasteiger partial charge is 0.508 e. The molecule has 3 N–H and O–H groups in total. The zero-order valence-corrected chi connectivity index (χ0v) is 12.4. The van der Waals surface area contributed by atoms with Gasteiger partial charge in [-0.3, -0.25) is 10.1 Å². The average Bonchev–Trinajstić information content (AvgIpc) is 2.73. The number of benzene rings is 1. The maximum atomic E-state index is 11.7. The highest BCUT2D eigenvalue weighted by atomic mass is 16.6. The molecule has 0 spiro atoms. The fourth-order valence-corrected chi connectivity index (χ4v) is 2.21. The predicted molar refractivity (Wildman–Crippen MR) is 78.3 cm³/mol. The van der Waals surface area contributed by atoms with Crippen LogP contribution in [0.1, 0.15) is 38.7 Å². The standard InChI is InChI=1S/C15H20N2O4/c1-15(2,3)21-14(20)17-10-4-5-11(12(18)7-10)9-6-13(19)16-8-9/h4-5,7,9,18H,6,8H2,1-3H3,(H,16,19)(H,17,20). The van der Waals surface area contributed by atoms with Gasteiger partial charge in [-0.1, -0.05) is 6.07 Å². The molecule has 1 aliphatic rings. The first-order chi connectivity index (χ1) is 9.74. The molecule has 0 saturated carbocycles. The Hall–Kier alpha value is -2.24. The van der Waals surface area contributed by atoms with Crippen molar-refractivity contribution >= 4 is 17.7 Å². The van der Waals surface area contributed by atoms with Crippen molar-refractivity contribution in [2.24, 2.45) is 0 Å². The number of hydrogen-bond donors (Lipinski definition) is 3. The summed E-state index contributed by atoms with van der Waals surface area (Å²) in [6.45, 7) is 5.84. The van der Waals surface area contributed by atoms with E-state index in [-0.39, 0.29) is 17.6 Å². The summed E-state index contributed by atoms with van der Waals surface area (Å²) in [5.74, 6) is 0.00786. The van der Waals surface area contributed by atoms with Crippen molar-refractivity contribution in [3.8, 4) is 5.75 Å². The summed E-state index contributed by atoms with van der Waals surface area (Å²) in [5, 5.41) is 15.3. The molecule has 1 saturated heterocycles. The summed E-state index contributed by atoms with van der Waals surface area (Å²) >= 11 is 0. The van der Waals surface area contributed by atoms with E-state index in [0.29, 0.717) is 24.2 Å². The highest BCUT2D eigenvalue weighted by Crippen LogP contribution is 2.32. The average molecular weight is 292 g/mol. The Morgan fingerprint density at radius 1 is 1.43 bits per heavy atom. The molecule has 1 fully saturated rings. The Morgan fingerprint density at radius 2 is 2.14 bits per heavy atom. The van der Waals surface area contributed by atoms with Gasteiger partial charge in [-0.15, -0.1) is 0 Å². The first kappa shape index (κ1) is 15.2. The van der Waals surface area contributed by atoms with E-state index in [1.54, 1.807) is 32.9 Å². The van der Waals surface area contributed by atoms with Gasteiger partial charge in [-0.2, -0.15) is 0 Å². The second kappa shape index (κ2) is 5.63. The first-order valence-corrected chi connectivity index (χ1v) is 6.84. The molecule has 0 bridgehead atoms. The molecule has 1 atom stereocenters. The van der Waals surface area contributed by atoms with E-state index in [2.05, 4.69) is 10.6 Å². The molecule has 1 heterocycles. The number of hydrogen-bond acceptors (Lipinski definition) is 4. The Bertz CT molecular complexity index is 563. The normalized spacial score (nSPS) is 18.2. The number of phenolic OH excluding ortho intramolecular Hbond substituents is 1. The van der Waals surface area contributed by atoms with Crippen molar-refractivity contribution < 1.29 is 19.4 Å². The quantitative estimate of drug-likeness (QED) is 0.780. The molecule has 2 rings (SSSR count). The number of carbonyl (C=O) groups is 2. The lowest BCUT2D eigenvalue weighted by atomic mass is 9.97. The number of anilines is 1. The number of amides is 2. The van der Waals surface area contributed by atoms with Crippen LogP contribution in [-0.2, 0) is 9.53 Å². The molecule has 0 aromatic heterocycles. The van der Waals surface area contributed by atoms with Crippen molar-refractivity contribution in [2.45, 2.75) is 38.7 Å². The lowest BCUT2D eigenvalue weighted by molar-refractivity contribution is -0.119. The lowest BCUT2D eigenvalue weighted by Gasteiger charge is -2.20. The van der Waals surface area contributed by atoms with E-state index >= 15 is 0 Å². The van der Waals surface area contributed by atoms with Crippen molar-refractivity contribution in [3.63, 3.8) is 0 Å². The number of aromatic hydroxyl groups is 1. The fourth-order valence-electron chi connectivity index (χ4n) is 2.21. The van der Waals surface area contributed by atoms with Gasteiger partial charge in [0.15, 0.2) is 0 Å². The van der Waals surface area contributed by atoms with Crippen LogP contribution in [0.2, 0.25) is 0 Å². The van der Waals surface area contributed by atoms with E-state index in [1.165, 1.54) is 6.07 Å². The molecule has 114 valence electrons. The highest BCUT2D eigenvalue weighted by Gasteiger charge is 2.25. The van der Waals surface area contributed by atoms with Gasteiger partial charge in [-0.05, 0) is 32.4 Å². The van der Waals surface area contributed by atoms with Gasteiger partial charge in [0.1, 0.15) is 11.4 Å². The molecule has 21 heavy (non-hydrogen) atoms. The lowest BCUT2D eigenvalue weighted by Crippen LogP contribution is -2.27. The van der Waals surface area contributed by atoms with Gasteiger partial charge in [-0.25, -0.2) is 4.79 Å². The first-order valence-electron chi connectivity index (χ1n) is 6.84. The van der Waals surface area contributed by atoms with Crippen LogP contribution in [0.25, 0.3) is 0 Å². The van der Waals surface area contributed by atoms with Crippen LogP contribution in [-0.4, -0.2) is 29.3 Å². The van der Waals surface area contributed by atoms with E-state index < -0.39 is 11.7 Å². The number of rotatable bonds is 2. The number of carbonyl (C=O) groups excluding carboxylic acids is 2. The highest BCUT2D eigenvalue weighted by molar-refractivity contribution is 5.85. The third-order valence-corrected chi connectivity index (χ3v) is 3.09. The molecular formula is C15H20N2O4. The maximum absolute atomic E-state index is 11.7. The minimum atomic E-state index is -0.581. The van der Waals surface area contributed by atoms with Crippen molar-refractivity contribution in [2.75, 3.05) is 11.9 Å². The number of phenols is 1. The summed E-state index contributed by atoms with van der Waals surface area (Å²) < 4.78 is 5.14. The van der Waals surface area contributed by atoms with Crippen molar-refractivity contribution in [1.82, 2.24) is 5.32 Å². The van der Waals surface area contributed by atoms with Gasteiger partial charge in [0.05, 0.1) is 0 Å². The van der Waals surface area contributed by atoms with Gasteiger partial charge in [0.25, 0.3) is 0 Å². The van der Waals surface area contributed by atoms with Crippen LogP contribution < -0.4 is 10.6 Å². The van der Waals surface area contributed by atoms with Crippen LogP contribution in [0, 0.1) is 0 Å². The van der Waals surface area contributed by atoms with Gasteiger partial charge in [0.2, 0.25) is 5.91 Å². The van der Waals surface area contributed by atoms with Crippen LogP contribution >= 0.6 is 0 Å². The van der Waals surface area contributed by atoms with Gasteiger partial charge < -0.3 is 15.2 Å². The van der Waals surface area contributed by atoms with E-state index in [4.69, 9.17) is 4.74 Å². The molecule has 0 aliphatic carbocycles. The fraction of sp³-hybridized carbons (Fsp3) is 0.467. The minimum Gasteiger partial charge on any atom is -0.508 e. The summed E-state index contributed by atoms with van der Waals surface area (Å²) in [5.41, 5.74) is 0.563. The summed E-state index contributed by atoms with van der Waals surface area (Å²) in [7, 11) is 0. The molecule has 1 aromatic rings. The number of ether oxygens (including phenoxy) is 1. The molecule has 6 nitrogen and oxygen atoms in total. The van der Waals surface area contributed by atoms with Crippen LogP contribution in [0.15, 0.2) is 18.2 Å². The van der Waals surface area contributed by atoms with Crippen molar-refractivity contribution in [1.29, 1.82) is 0 Å². The third-order valence-electron chi connectivity index (χ3n) is 3.09. The zero-order chi connectivity index (χ0) is 15.6. The minimum absolute atomic E-state index is 0.0182. The van der Waals surface area contributed by atoms with Crippen LogP contribution in [0.3, 0.4) is 0 Å². The third kappa shape index (κ3) is 4.11. The van der Waals surface area contributed by atoms with Gasteiger partial charge >= 0.3 is 6.09 Å². The Kier molecular flexibility index (Phi) is 4.06. The smallest absolute Gasteiger partial charge is 0.412 e.